The van der Waals surface area contributed by atoms with E-state index in [0.29, 0.717) is 6.42 Å². The van der Waals surface area contributed by atoms with Crippen LogP contribution in [-0.4, -0.2) is 6.04 Å². The molecule has 0 saturated carbocycles. The highest BCUT2D eigenvalue weighted by Crippen LogP contribution is 2.28. The van der Waals surface area contributed by atoms with Crippen LogP contribution in [0.3, 0.4) is 0 Å². The molecule has 1 atom stereocenters. The molecule has 0 fully saturated rings. The highest BCUT2D eigenvalue weighted by atomic mass is 19.2. The Bertz CT molecular complexity index is 418. The second-order valence-electron chi connectivity index (χ2n) is 4.49. The second-order valence-corrected chi connectivity index (χ2v) is 4.49. The van der Waals surface area contributed by atoms with Gasteiger partial charge in [-0.2, -0.15) is 0 Å². The van der Waals surface area contributed by atoms with Crippen molar-refractivity contribution >= 4 is 5.69 Å². The quantitative estimate of drug-likeness (QED) is 0.343. The molecule has 0 saturated heterocycles. The fourth-order valence-corrected chi connectivity index (χ4v) is 1.75. The van der Waals surface area contributed by atoms with Gasteiger partial charge in [-0.05, 0) is 13.3 Å². The lowest BCUT2D eigenvalue weighted by molar-refractivity contribution is 0.380. The lowest BCUT2D eigenvalue weighted by Gasteiger charge is -2.17. The van der Waals surface area contributed by atoms with E-state index in [1.807, 2.05) is 6.92 Å². The fraction of sp³-hybridized carbons (Fsp3) is 0.538. The maximum absolute atomic E-state index is 13.4. The standard InChI is InChI=1S/C13H16F5N/c1-3-4-5-6-7(2)19-13-11(17)9(15)8(14)10(16)12(13)18/h7,19H,3-6H2,1-2H3. The number of hydrogen-bond acceptors (Lipinski definition) is 1. The first kappa shape index (κ1) is 15.7. The number of hydrogen-bond donors (Lipinski definition) is 1. The van der Waals surface area contributed by atoms with Gasteiger partial charge in [-0.15, -0.1) is 0 Å². The van der Waals surface area contributed by atoms with Crippen molar-refractivity contribution in [3.63, 3.8) is 0 Å². The van der Waals surface area contributed by atoms with Gasteiger partial charge >= 0.3 is 0 Å². The zero-order chi connectivity index (χ0) is 14.6. The van der Waals surface area contributed by atoms with Crippen molar-refractivity contribution in [3.05, 3.63) is 29.1 Å². The van der Waals surface area contributed by atoms with Crippen LogP contribution in [0.1, 0.15) is 39.5 Å². The Morgan fingerprint density at radius 3 is 1.79 bits per heavy atom. The molecule has 0 aliphatic carbocycles. The molecule has 1 nitrogen and oxygen atoms in total. The summed E-state index contributed by atoms with van der Waals surface area (Å²) >= 11 is 0. The molecule has 1 aromatic rings. The van der Waals surface area contributed by atoms with Crippen molar-refractivity contribution in [2.45, 2.75) is 45.6 Å². The Labute approximate surface area is 108 Å². The fourth-order valence-electron chi connectivity index (χ4n) is 1.75. The van der Waals surface area contributed by atoms with E-state index in [1.54, 1.807) is 6.92 Å². The van der Waals surface area contributed by atoms with Crippen molar-refractivity contribution < 1.29 is 22.0 Å². The first-order valence-electron chi connectivity index (χ1n) is 6.18. The van der Waals surface area contributed by atoms with E-state index < -0.39 is 34.8 Å². The summed E-state index contributed by atoms with van der Waals surface area (Å²) in [5.74, 6) is -9.64. The normalized spacial score (nSPS) is 12.6. The van der Waals surface area contributed by atoms with Crippen LogP contribution in [0.5, 0.6) is 0 Å². The Morgan fingerprint density at radius 1 is 0.842 bits per heavy atom. The molecule has 0 radical (unpaired) electrons. The highest BCUT2D eigenvalue weighted by Gasteiger charge is 2.26. The maximum atomic E-state index is 13.4. The Morgan fingerprint density at radius 2 is 1.32 bits per heavy atom. The molecule has 1 aromatic carbocycles. The van der Waals surface area contributed by atoms with E-state index >= 15 is 0 Å². The average Bonchev–Trinajstić information content (AvgIpc) is 2.39. The average molecular weight is 281 g/mol. The molecule has 1 N–H and O–H groups in total. The number of rotatable bonds is 6. The lowest BCUT2D eigenvalue weighted by atomic mass is 10.1. The number of benzene rings is 1. The van der Waals surface area contributed by atoms with Crippen LogP contribution in [0.15, 0.2) is 0 Å². The van der Waals surface area contributed by atoms with Crippen LogP contribution in [0.2, 0.25) is 0 Å². The molecular weight excluding hydrogens is 265 g/mol. The van der Waals surface area contributed by atoms with Crippen LogP contribution in [0.25, 0.3) is 0 Å². The lowest BCUT2D eigenvalue weighted by Crippen LogP contribution is -2.19. The van der Waals surface area contributed by atoms with E-state index in [-0.39, 0.29) is 6.04 Å². The van der Waals surface area contributed by atoms with Crippen molar-refractivity contribution in [2.24, 2.45) is 0 Å². The van der Waals surface area contributed by atoms with Crippen molar-refractivity contribution in [1.29, 1.82) is 0 Å². The molecule has 0 heterocycles. The first-order valence-corrected chi connectivity index (χ1v) is 6.18. The van der Waals surface area contributed by atoms with E-state index in [9.17, 15) is 22.0 Å². The maximum Gasteiger partial charge on any atom is 0.200 e. The summed E-state index contributed by atoms with van der Waals surface area (Å²) in [5, 5.41) is 2.35. The van der Waals surface area contributed by atoms with Crippen LogP contribution in [0, 0.1) is 29.1 Å². The number of halogens is 5. The Hall–Kier alpha value is -1.33. The van der Waals surface area contributed by atoms with Crippen molar-refractivity contribution in [3.8, 4) is 0 Å². The molecule has 6 heteroatoms. The van der Waals surface area contributed by atoms with E-state index in [0.717, 1.165) is 19.3 Å². The monoisotopic (exact) mass is 281 g/mol. The molecule has 1 rings (SSSR count). The van der Waals surface area contributed by atoms with Gasteiger partial charge in [0.1, 0.15) is 5.69 Å². The zero-order valence-corrected chi connectivity index (χ0v) is 10.8. The molecule has 0 aliphatic rings. The van der Waals surface area contributed by atoms with Crippen molar-refractivity contribution in [1.82, 2.24) is 0 Å². The summed E-state index contributed by atoms with van der Waals surface area (Å²) in [7, 11) is 0. The molecule has 0 amide bonds. The smallest absolute Gasteiger partial charge is 0.200 e. The number of unbranched alkanes of at least 4 members (excludes halogenated alkanes) is 2. The third-order valence-corrected chi connectivity index (χ3v) is 2.84. The molecule has 1 unspecified atom stereocenters. The largest absolute Gasteiger partial charge is 0.378 e. The first-order chi connectivity index (χ1) is 8.90. The second kappa shape index (κ2) is 6.73. The number of nitrogens with one attached hydrogen (secondary N) is 1. The van der Waals surface area contributed by atoms with Crippen LogP contribution in [0.4, 0.5) is 27.6 Å². The van der Waals surface area contributed by atoms with E-state index in [2.05, 4.69) is 5.32 Å². The minimum absolute atomic E-state index is 0.375. The summed E-state index contributed by atoms with van der Waals surface area (Å²) in [5.41, 5.74) is -0.958. The minimum Gasteiger partial charge on any atom is -0.378 e. The van der Waals surface area contributed by atoms with Gasteiger partial charge in [0.05, 0.1) is 0 Å². The van der Waals surface area contributed by atoms with Gasteiger partial charge < -0.3 is 5.32 Å². The van der Waals surface area contributed by atoms with Gasteiger partial charge in [0.25, 0.3) is 0 Å². The van der Waals surface area contributed by atoms with Gasteiger partial charge in [0.15, 0.2) is 23.3 Å². The minimum atomic E-state index is -2.14. The third-order valence-electron chi connectivity index (χ3n) is 2.84. The van der Waals surface area contributed by atoms with E-state index in [4.69, 9.17) is 0 Å². The SMILES string of the molecule is CCCCCC(C)Nc1c(F)c(F)c(F)c(F)c1F. The highest BCUT2D eigenvalue weighted by molar-refractivity contribution is 5.48. The number of anilines is 1. The summed E-state index contributed by atoms with van der Waals surface area (Å²) in [6, 6.07) is -0.375. The van der Waals surface area contributed by atoms with Crippen molar-refractivity contribution in [2.75, 3.05) is 5.32 Å². The van der Waals surface area contributed by atoms with Gasteiger partial charge in [0.2, 0.25) is 5.82 Å². The van der Waals surface area contributed by atoms with Gasteiger partial charge in [-0.1, -0.05) is 26.2 Å². The summed E-state index contributed by atoms with van der Waals surface area (Å²) < 4.78 is 65.5. The molecule has 0 bridgehead atoms. The molecule has 0 aliphatic heterocycles. The summed E-state index contributed by atoms with van der Waals surface area (Å²) in [6.45, 7) is 3.63. The van der Waals surface area contributed by atoms with Gasteiger partial charge in [-0.25, -0.2) is 22.0 Å². The Balaban J connectivity index is 2.89. The van der Waals surface area contributed by atoms with Gasteiger partial charge in [0, 0.05) is 6.04 Å². The molecule has 0 spiro atoms. The predicted octanol–water partition coefficient (Wildman–Crippen LogP) is 4.76. The molecule has 108 valence electrons. The third kappa shape index (κ3) is 3.58. The topological polar surface area (TPSA) is 12.0 Å². The Kier molecular flexibility index (Phi) is 5.57. The summed E-state index contributed by atoms with van der Waals surface area (Å²) in [6.07, 6.45) is 3.34. The molecule has 0 aromatic heterocycles. The van der Waals surface area contributed by atoms with E-state index in [1.165, 1.54) is 0 Å². The predicted molar refractivity (Wildman–Crippen MR) is 63.5 cm³/mol. The molecular formula is C13H16F5N. The van der Waals surface area contributed by atoms with Crippen LogP contribution < -0.4 is 5.32 Å². The summed E-state index contributed by atoms with van der Waals surface area (Å²) in [4.78, 5) is 0. The van der Waals surface area contributed by atoms with Crippen LogP contribution >= 0.6 is 0 Å². The zero-order valence-electron chi connectivity index (χ0n) is 10.8. The van der Waals surface area contributed by atoms with Gasteiger partial charge in [-0.3, -0.25) is 0 Å². The molecule has 19 heavy (non-hydrogen) atoms. The van der Waals surface area contributed by atoms with Crippen LogP contribution in [-0.2, 0) is 0 Å².